The van der Waals surface area contributed by atoms with E-state index in [-0.39, 0.29) is 0 Å². The number of nitrogens with zero attached hydrogens (tertiary/aromatic N) is 4. The van der Waals surface area contributed by atoms with Gasteiger partial charge in [0.1, 0.15) is 0 Å². The zero-order valence-corrected chi connectivity index (χ0v) is 28.9. The Balaban J connectivity index is 1.22. The van der Waals surface area contributed by atoms with Gasteiger partial charge in [-0.25, -0.2) is 15.0 Å². The largest absolute Gasteiger partial charge is 0.208 e. The van der Waals surface area contributed by atoms with E-state index in [2.05, 4.69) is 86.6 Å². The molecule has 2 aliphatic carbocycles. The number of fused-ring (bicyclic) bond motifs is 2. The van der Waals surface area contributed by atoms with Gasteiger partial charge in [0.25, 0.3) is 0 Å². The van der Waals surface area contributed by atoms with Crippen LogP contribution in [0.3, 0.4) is 0 Å². The van der Waals surface area contributed by atoms with Gasteiger partial charge in [-0.1, -0.05) is 123 Å². The highest BCUT2D eigenvalue weighted by atomic mass is 15.0. The minimum absolute atomic E-state index is 0.318. The predicted octanol–water partition coefficient (Wildman–Crippen LogP) is 11.6. The third kappa shape index (κ3) is 6.25. The molecule has 2 aliphatic rings. The lowest BCUT2D eigenvalue weighted by Crippen LogP contribution is -2.42. The second kappa shape index (κ2) is 13.5. The van der Waals surface area contributed by atoms with Crippen molar-refractivity contribution in [3.63, 3.8) is 0 Å². The Morgan fingerprint density at radius 1 is 0.600 bits per heavy atom. The minimum Gasteiger partial charge on any atom is -0.208 e. The summed E-state index contributed by atoms with van der Waals surface area (Å²) in [6.07, 6.45) is 8.09. The fourth-order valence-corrected chi connectivity index (χ4v) is 9.02. The molecule has 246 valence electrons. The zero-order valence-electron chi connectivity index (χ0n) is 28.9. The normalized spacial score (nSPS) is 21.3. The van der Waals surface area contributed by atoms with Crippen LogP contribution in [0.4, 0.5) is 0 Å². The molecule has 4 atom stereocenters. The van der Waals surface area contributed by atoms with Gasteiger partial charge < -0.3 is 0 Å². The molecule has 0 spiro atoms. The summed E-state index contributed by atoms with van der Waals surface area (Å²) < 4.78 is 0. The van der Waals surface area contributed by atoms with Crippen LogP contribution in [0, 0.1) is 29.1 Å². The number of benzene rings is 5. The summed E-state index contributed by atoms with van der Waals surface area (Å²) >= 11 is 0. The molecule has 1 unspecified atom stereocenters. The highest BCUT2D eigenvalue weighted by Gasteiger charge is 2.45. The van der Waals surface area contributed by atoms with Crippen molar-refractivity contribution in [2.75, 3.05) is 0 Å². The Kier molecular flexibility index (Phi) is 8.59. The van der Waals surface area contributed by atoms with E-state index in [1.54, 1.807) is 6.07 Å². The van der Waals surface area contributed by atoms with Crippen molar-refractivity contribution < 1.29 is 0 Å². The predicted molar refractivity (Wildman–Crippen MR) is 203 cm³/mol. The van der Waals surface area contributed by atoms with Crippen LogP contribution in [0.1, 0.15) is 63.5 Å². The van der Waals surface area contributed by atoms with Crippen LogP contribution in [0.15, 0.2) is 127 Å². The molecule has 2 fully saturated rings. The summed E-state index contributed by atoms with van der Waals surface area (Å²) in [7, 11) is 0. The number of hydrogen-bond donors (Lipinski definition) is 0. The van der Waals surface area contributed by atoms with Crippen LogP contribution in [0.2, 0.25) is 0 Å². The number of hydrogen-bond acceptors (Lipinski definition) is 4. The first-order valence-corrected chi connectivity index (χ1v) is 18.1. The molecule has 6 aromatic rings. The van der Waals surface area contributed by atoms with E-state index in [0.29, 0.717) is 28.5 Å². The second-order valence-corrected chi connectivity index (χ2v) is 14.7. The van der Waals surface area contributed by atoms with Gasteiger partial charge in [0.2, 0.25) is 0 Å². The van der Waals surface area contributed by atoms with Gasteiger partial charge in [-0.05, 0) is 107 Å². The van der Waals surface area contributed by atoms with Crippen molar-refractivity contribution in [3.05, 3.63) is 139 Å². The fraction of sp³-hybridized carbons (Fsp3) is 0.261. The van der Waals surface area contributed by atoms with Crippen LogP contribution in [-0.4, -0.2) is 15.0 Å². The van der Waals surface area contributed by atoms with Crippen LogP contribution < -0.4 is 0 Å². The molecule has 8 rings (SSSR count). The second-order valence-electron chi connectivity index (χ2n) is 14.7. The average molecular weight is 651 g/mol. The highest BCUT2D eigenvalue weighted by Crippen LogP contribution is 2.54. The zero-order chi connectivity index (χ0) is 34.1. The molecule has 1 heterocycles. The monoisotopic (exact) mass is 650 g/mol. The summed E-state index contributed by atoms with van der Waals surface area (Å²) in [5.41, 5.74) is 9.59. The molecule has 0 amide bonds. The summed E-state index contributed by atoms with van der Waals surface area (Å²) in [5, 5.41) is 9.60. The molecule has 2 saturated carbocycles. The first kappa shape index (κ1) is 31.8. The van der Waals surface area contributed by atoms with Gasteiger partial charge >= 0.3 is 0 Å². The minimum atomic E-state index is 0.318. The molecule has 50 heavy (non-hydrogen) atoms. The molecule has 0 aliphatic heterocycles. The Morgan fingerprint density at radius 2 is 1.26 bits per heavy atom. The van der Waals surface area contributed by atoms with Gasteiger partial charge in [0.15, 0.2) is 17.5 Å². The van der Waals surface area contributed by atoms with E-state index in [1.807, 2.05) is 54.6 Å². The smallest absolute Gasteiger partial charge is 0.164 e. The number of rotatable bonds is 7. The molecular formula is C46H42N4. The molecule has 0 saturated heterocycles. The van der Waals surface area contributed by atoms with Crippen LogP contribution in [-0.2, 0) is 5.41 Å². The van der Waals surface area contributed by atoms with E-state index in [4.69, 9.17) is 15.0 Å². The third-order valence-electron chi connectivity index (χ3n) is 11.2. The Hall–Kier alpha value is -5.40. The van der Waals surface area contributed by atoms with Crippen molar-refractivity contribution in [3.8, 4) is 62.5 Å². The van der Waals surface area contributed by atoms with Gasteiger partial charge in [0.05, 0.1) is 11.6 Å². The van der Waals surface area contributed by atoms with Gasteiger partial charge in [-0.3, -0.25) is 0 Å². The topological polar surface area (TPSA) is 62.5 Å². The maximum Gasteiger partial charge on any atom is 0.164 e. The summed E-state index contributed by atoms with van der Waals surface area (Å²) in [5.74, 6) is 4.23. The Labute approximate surface area is 296 Å². The maximum absolute atomic E-state index is 9.60. The van der Waals surface area contributed by atoms with Crippen molar-refractivity contribution >= 4 is 0 Å². The first-order valence-electron chi connectivity index (χ1n) is 18.1. The molecule has 4 nitrogen and oxygen atoms in total. The summed E-state index contributed by atoms with van der Waals surface area (Å²) in [6, 6.07) is 46.4. The molecule has 0 radical (unpaired) electrons. The standard InChI is InChI=1S/C46H42N4/c1-3-32-24-34-23-31(2)27-46(28-32,29-34)40-20-17-35(18-21-40)38-19-22-41(42(26-38)36-12-6-4-7-13-36)45-49-43(37-14-8-5-9-15-37)48-44(50-45)39-16-10-11-33(25-39)30-47/h4-22,25-26,31-32,34H,3,23-24,27-29H2,1-2H3/t31-,32+,34-,46?/m0/s1. The molecule has 4 heteroatoms. The quantitative estimate of drug-likeness (QED) is 0.172. The third-order valence-corrected chi connectivity index (χ3v) is 11.2. The molecule has 5 aromatic carbocycles. The highest BCUT2D eigenvalue weighted by molar-refractivity contribution is 5.86. The van der Waals surface area contributed by atoms with Gasteiger partial charge in [0, 0.05) is 16.7 Å². The summed E-state index contributed by atoms with van der Waals surface area (Å²) in [4.78, 5) is 15.0. The van der Waals surface area contributed by atoms with Gasteiger partial charge in [-0.2, -0.15) is 5.26 Å². The van der Waals surface area contributed by atoms with Crippen molar-refractivity contribution in [1.82, 2.24) is 15.0 Å². The van der Waals surface area contributed by atoms with Crippen LogP contribution in [0.5, 0.6) is 0 Å². The maximum atomic E-state index is 9.60. The Morgan fingerprint density at radius 3 is 1.98 bits per heavy atom. The van der Waals surface area contributed by atoms with Crippen molar-refractivity contribution in [2.45, 2.75) is 57.8 Å². The van der Waals surface area contributed by atoms with Crippen molar-refractivity contribution in [1.29, 1.82) is 5.26 Å². The van der Waals surface area contributed by atoms with E-state index in [9.17, 15) is 5.26 Å². The van der Waals surface area contributed by atoms with E-state index >= 15 is 0 Å². The lowest BCUT2D eigenvalue weighted by Gasteiger charge is -2.51. The average Bonchev–Trinajstić information content (AvgIpc) is 3.17. The summed E-state index contributed by atoms with van der Waals surface area (Å²) in [6.45, 7) is 4.85. The Bertz CT molecular complexity index is 2160. The van der Waals surface area contributed by atoms with Crippen LogP contribution in [0.25, 0.3) is 56.4 Å². The number of nitriles is 1. The molecule has 2 bridgehead atoms. The van der Waals surface area contributed by atoms with E-state index in [1.165, 1.54) is 55.2 Å². The van der Waals surface area contributed by atoms with Crippen LogP contribution >= 0.6 is 0 Å². The lowest BCUT2D eigenvalue weighted by molar-refractivity contribution is 0.0702. The van der Waals surface area contributed by atoms with Gasteiger partial charge in [-0.15, -0.1) is 0 Å². The molecule has 0 N–H and O–H groups in total. The molecular weight excluding hydrogens is 609 g/mol. The SMILES string of the molecule is CC[C@@H]1C[C@@H]2C[C@H](C)CC(c3ccc(-c4ccc(-c5nc(-c6ccccc6)nc(-c6cccc(C#N)c6)n5)c(-c5ccccc5)c4)cc3)(C1)C2. The lowest BCUT2D eigenvalue weighted by atomic mass is 9.54. The molecule has 1 aromatic heterocycles. The number of aromatic nitrogens is 3. The van der Waals surface area contributed by atoms with E-state index in [0.717, 1.165) is 45.6 Å². The fourth-order valence-electron chi connectivity index (χ4n) is 9.02. The van der Waals surface area contributed by atoms with Crippen molar-refractivity contribution in [2.24, 2.45) is 17.8 Å². The van der Waals surface area contributed by atoms with E-state index < -0.39 is 0 Å². The first-order chi connectivity index (χ1) is 24.5.